The van der Waals surface area contributed by atoms with Crippen LogP contribution in [0.1, 0.15) is 96.0 Å². The standard InChI is InChI=1S/C27H37F2NO3/c1-2-3-4-5-6-17-32-23-14-11-20(12-15-23)19-7-9-21(10-8-19)27(31)33-24-16-13-22(18-30)25(28)26(24)29/h13,16,19-21,23H,2-12,14-15,17H2,1H3. The van der Waals surface area contributed by atoms with E-state index in [2.05, 4.69) is 6.92 Å². The number of halogens is 2. The van der Waals surface area contributed by atoms with Gasteiger partial charge in [0.2, 0.25) is 5.82 Å². The fraction of sp³-hybridized carbons (Fsp3) is 0.704. The van der Waals surface area contributed by atoms with Crippen molar-refractivity contribution in [2.75, 3.05) is 6.61 Å². The predicted molar refractivity (Wildman–Crippen MR) is 123 cm³/mol. The molecule has 0 aromatic heterocycles. The van der Waals surface area contributed by atoms with Gasteiger partial charge in [-0.1, -0.05) is 32.6 Å². The van der Waals surface area contributed by atoms with Crippen LogP contribution < -0.4 is 4.74 Å². The topological polar surface area (TPSA) is 59.3 Å². The molecule has 3 rings (SSSR count). The summed E-state index contributed by atoms with van der Waals surface area (Å²) in [7, 11) is 0. The highest BCUT2D eigenvalue weighted by Crippen LogP contribution is 2.41. The molecular weight excluding hydrogens is 424 g/mol. The molecule has 0 radical (unpaired) electrons. The molecule has 2 aliphatic carbocycles. The van der Waals surface area contributed by atoms with Crippen molar-refractivity contribution >= 4 is 5.97 Å². The van der Waals surface area contributed by atoms with E-state index >= 15 is 0 Å². The molecule has 0 aliphatic heterocycles. The van der Waals surface area contributed by atoms with E-state index in [4.69, 9.17) is 14.7 Å². The first-order chi connectivity index (χ1) is 16.0. The van der Waals surface area contributed by atoms with E-state index in [0.29, 0.717) is 17.9 Å². The van der Waals surface area contributed by atoms with Gasteiger partial charge in [-0.3, -0.25) is 4.79 Å². The van der Waals surface area contributed by atoms with Crippen molar-refractivity contribution in [2.24, 2.45) is 17.8 Å². The number of ether oxygens (including phenoxy) is 2. The van der Waals surface area contributed by atoms with Crippen LogP contribution in [0.2, 0.25) is 0 Å². The van der Waals surface area contributed by atoms with Crippen LogP contribution in [0.5, 0.6) is 5.75 Å². The minimum atomic E-state index is -1.28. The largest absolute Gasteiger partial charge is 0.423 e. The molecule has 2 aliphatic rings. The molecule has 33 heavy (non-hydrogen) atoms. The zero-order valence-electron chi connectivity index (χ0n) is 19.8. The molecule has 4 nitrogen and oxygen atoms in total. The van der Waals surface area contributed by atoms with Gasteiger partial charge in [-0.15, -0.1) is 0 Å². The number of carbonyl (C=O) groups is 1. The summed E-state index contributed by atoms with van der Waals surface area (Å²) < 4.78 is 39.1. The molecule has 0 heterocycles. The Hall–Kier alpha value is -2.00. The Bertz CT molecular complexity index is 806. The van der Waals surface area contributed by atoms with E-state index < -0.39 is 28.9 Å². The van der Waals surface area contributed by atoms with Crippen molar-refractivity contribution in [2.45, 2.75) is 96.5 Å². The summed E-state index contributed by atoms with van der Waals surface area (Å²) >= 11 is 0. The van der Waals surface area contributed by atoms with Gasteiger partial charge in [-0.25, -0.2) is 4.39 Å². The highest BCUT2D eigenvalue weighted by Gasteiger charge is 2.34. The Morgan fingerprint density at radius 3 is 2.21 bits per heavy atom. The second-order valence-electron chi connectivity index (χ2n) is 9.71. The molecule has 0 atom stereocenters. The summed E-state index contributed by atoms with van der Waals surface area (Å²) in [6, 6.07) is 3.85. The molecule has 0 saturated heterocycles. The van der Waals surface area contributed by atoms with Gasteiger partial charge in [0.1, 0.15) is 6.07 Å². The average Bonchev–Trinajstić information content (AvgIpc) is 2.85. The lowest BCUT2D eigenvalue weighted by Crippen LogP contribution is -2.31. The van der Waals surface area contributed by atoms with Crippen LogP contribution in [0.15, 0.2) is 12.1 Å². The molecule has 0 N–H and O–H groups in total. The Morgan fingerprint density at radius 2 is 1.58 bits per heavy atom. The van der Waals surface area contributed by atoms with E-state index in [-0.39, 0.29) is 5.92 Å². The maximum Gasteiger partial charge on any atom is 0.314 e. The van der Waals surface area contributed by atoms with Crippen LogP contribution in [0.4, 0.5) is 8.78 Å². The number of nitriles is 1. The molecule has 2 saturated carbocycles. The van der Waals surface area contributed by atoms with E-state index in [0.717, 1.165) is 57.3 Å². The first kappa shape index (κ1) is 25.6. The second-order valence-corrected chi connectivity index (χ2v) is 9.71. The monoisotopic (exact) mass is 461 g/mol. The first-order valence-electron chi connectivity index (χ1n) is 12.7. The zero-order valence-corrected chi connectivity index (χ0v) is 19.8. The molecule has 1 aromatic carbocycles. The molecule has 0 spiro atoms. The summed E-state index contributed by atoms with van der Waals surface area (Å²) in [5.74, 6) is -2.48. The number of rotatable bonds is 10. The number of benzene rings is 1. The van der Waals surface area contributed by atoms with Crippen molar-refractivity contribution in [3.63, 3.8) is 0 Å². The van der Waals surface area contributed by atoms with Crippen LogP contribution in [0, 0.1) is 40.7 Å². The Balaban J connectivity index is 1.36. The summed E-state index contributed by atoms with van der Waals surface area (Å²) in [4.78, 5) is 12.5. The smallest absolute Gasteiger partial charge is 0.314 e. The molecular formula is C27H37F2NO3. The van der Waals surface area contributed by atoms with Crippen molar-refractivity contribution in [3.8, 4) is 11.8 Å². The van der Waals surface area contributed by atoms with Gasteiger partial charge in [-0.2, -0.15) is 9.65 Å². The molecule has 0 amide bonds. The Morgan fingerprint density at radius 1 is 0.939 bits per heavy atom. The van der Waals surface area contributed by atoms with E-state index in [1.54, 1.807) is 6.07 Å². The number of hydrogen-bond donors (Lipinski definition) is 0. The van der Waals surface area contributed by atoms with Gasteiger partial charge < -0.3 is 9.47 Å². The van der Waals surface area contributed by atoms with Crippen molar-refractivity contribution in [1.82, 2.24) is 0 Å². The molecule has 0 bridgehead atoms. The number of hydrogen-bond acceptors (Lipinski definition) is 4. The second kappa shape index (κ2) is 13.0. The predicted octanol–water partition coefficient (Wildman–Crippen LogP) is 7.09. The van der Waals surface area contributed by atoms with Gasteiger partial charge in [0.15, 0.2) is 11.6 Å². The molecule has 182 valence electrons. The van der Waals surface area contributed by atoms with Gasteiger partial charge in [0.05, 0.1) is 17.6 Å². The van der Waals surface area contributed by atoms with Gasteiger partial charge >= 0.3 is 5.97 Å². The van der Waals surface area contributed by atoms with Crippen LogP contribution in [-0.4, -0.2) is 18.7 Å². The highest BCUT2D eigenvalue weighted by molar-refractivity contribution is 5.75. The van der Waals surface area contributed by atoms with Crippen LogP contribution in [0.25, 0.3) is 0 Å². The number of unbranched alkanes of at least 4 members (excludes halogenated alkanes) is 4. The van der Waals surface area contributed by atoms with Crippen LogP contribution in [0.3, 0.4) is 0 Å². The third-order valence-corrected chi connectivity index (χ3v) is 7.47. The lowest BCUT2D eigenvalue weighted by molar-refractivity contribution is -0.140. The summed E-state index contributed by atoms with van der Waals surface area (Å²) in [6.07, 6.45) is 14.7. The maximum absolute atomic E-state index is 14.0. The third-order valence-electron chi connectivity index (χ3n) is 7.47. The fourth-order valence-electron chi connectivity index (χ4n) is 5.40. The summed E-state index contributed by atoms with van der Waals surface area (Å²) in [5, 5.41) is 8.77. The third kappa shape index (κ3) is 7.24. The fourth-order valence-corrected chi connectivity index (χ4v) is 5.40. The molecule has 0 unspecified atom stereocenters. The molecule has 2 fully saturated rings. The minimum Gasteiger partial charge on any atom is -0.423 e. The normalized spacial score (nSPS) is 25.4. The van der Waals surface area contributed by atoms with Gasteiger partial charge in [0, 0.05) is 6.61 Å². The quantitative estimate of drug-likeness (QED) is 0.212. The Kier molecular flexibility index (Phi) is 10.1. The summed E-state index contributed by atoms with van der Waals surface area (Å²) in [5.41, 5.74) is -0.403. The number of esters is 1. The summed E-state index contributed by atoms with van der Waals surface area (Å²) in [6.45, 7) is 3.12. The minimum absolute atomic E-state index is 0.285. The van der Waals surface area contributed by atoms with Gasteiger partial charge in [0.25, 0.3) is 0 Å². The number of nitrogens with zero attached hydrogens (tertiary/aromatic N) is 1. The van der Waals surface area contributed by atoms with Crippen LogP contribution in [-0.2, 0) is 9.53 Å². The molecule has 6 heteroatoms. The zero-order chi connectivity index (χ0) is 23.6. The van der Waals surface area contributed by atoms with Crippen molar-refractivity contribution < 1.29 is 23.0 Å². The Labute approximate surface area is 196 Å². The van der Waals surface area contributed by atoms with Crippen molar-refractivity contribution in [3.05, 3.63) is 29.3 Å². The SMILES string of the molecule is CCCCCCCOC1CCC(C2CCC(C(=O)Oc3ccc(C#N)c(F)c3F)CC2)CC1. The average molecular weight is 462 g/mol. The van der Waals surface area contributed by atoms with E-state index in [9.17, 15) is 13.6 Å². The van der Waals surface area contributed by atoms with Crippen molar-refractivity contribution in [1.29, 1.82) is 5.26 Å². The lowest BCUT2D eigenvalue weighted by atomic mass is 9.70. The number of carbonyl (C=O) groups excluding carboxylic acids is 1. The van der Waals surface area contributed by atoms with E-state index in [1.807, 2.05) is 0 Å². The van der Waals surface area contributed by atoms with E-state index in [1.165, 1.54) is 44.9 Å². The molecule has 1 aromatic rings. The maximum atomic E-state index is 14.0. The highest BCUT2D eigenvalue weighted by atomic mass is 19.2. The first-order valence-corrected chi connectivity index (χ1v) is 12.7. The van der Waals surface area contributed by atoms with Crippen LogP contribution >= 0.6 is 0 Å². The lowest BCUT2D eigenvalue weighted by Gasteiger charge is -2.37. The van der Waals surface area contributed by atoms with Gasteiger partial charge in [-0.05, 0) is 81.8 Å².